The maximum absolute atomic E-state index is 13.7. The minimum Gasteiger partial charge on any atom is -0.416 e. The van der Waals surface area contributed by atoms with Gasteiger partial charge in [0, 0.05) is 21.9 Å². The Bertz CT molecular complexity index is 1820. The molecule has 204 valence electrons. The molecule has 2 aromatic heterocycles. The second kappa shape index (κ2) is 11.3. The van der Waals surface area contributed by atoms with Gasteiger partial charge in [0.25, 0.3) is 10.0 Å². The van der Waals surface area contributed by atoms with E-state index in [1.165, 1.54) is 22.5 Å². The van der Waals surface area contributed by atoms with Crippen LogP contribution in [-0.4, -0.2) is 34.4 Å². The van der Waals surface area contributed by atoms with E-state index in [0.717, 1.165) is 22.4 Å². The van der Waals surface area contributed by atoms with Crippen molar-refractivity contribution in [3.63, 3.8) is 0 Å². The monoisotopic (exact) mass is 592 g/mol. The number of aryl methyl sites for hydroxylation is 1. The third kappa shape index (κ3) is 5.67. The Kier molecular flexibility index (Phi) is 7.79. The number of hydrogen-bond donors (Lipinski definition) is 1. The summed E-state index contributed by atoms with van der Waals surface area (Å²) in [5.41, 5.74) is 10.5. The molecule has 9 nitrogen and oxygen atoms in total. The minimum absolute atomic E-state index is 0.0750. The minimum atomic E-state index is -4.32. The summed E-state index contributed by atoms with van der Waals surface area (Å²) in [5.74, 6) is 0.591. The molecule has 0 unspecified atom stereocenters. The molecular formula is C28H25ClN6O3S2. The summed E-state index contributed by atoms with van der Waals surface area (Å²) < 4.78 is 38.6. The van der Waals surface area contributed by atoms with E-state index >= 15 is 0 Å². The van der Waals surface area contributed by atoms with Crippen LogP contribution >= 0.6 is 23.4 Å². The van der Waals surface area contributed by atoms with Crippen LogP contribution in [0.15, 0.2) is 91.4 Å². The molecule has 5 rings (SSSR count). The molecule has 12 heteroatoms. The van der Waals surface area contributed by atoms with Crippen molar-refractivity contribution in [3.05, 3.63) is 100 Å². The zero-order valence-electron chi connectivity index (χ0n) is 21.9. The summed E-state index contributed by atoms with van der Waals surface area (Å²) in [6.45, 7) is 5.50. The number of thioether (sulfide) groups is 1. The van der Waals surface area contributed by atoms with E-state index in [-0.39, 0.29) is 33.2 Å². The number of nitrogens with zero attached hydrogens (tertiary/aromatic N) is 5. The van der Waals surface area contributed by atoms with Gasteiger partial charge in [0.15, 0.2) is 0 Å². The molecular weight excluding hydrogens is 568 g/mol. The molecule has 0 radical (unpaired) electrons. The maximum atomic E-state index is 13.7. The smallest absolute Gasteiger partial charge is 0.286 e. The van der Waals surface area contributed by atoms with Crippen molar-refractivity contribution < 1.29 is 12.8 Å². The van der Waals surface area contributed by atoms with Crippen molar-refractivity contribution in [2.45, 2.75) is 36.3 Å². The van der Waals surface area contributed by atoms with Gasteiger partial charge in [-0.25, -0.2) is 4.68 Å². The highest BCUT2D eigenvalue weighted by atomic mass is 35.5. The standard InChI is InChI=1S/C28H25ClN6O3S2/c1-17-18(2)33-35(19(17)3)28(30)34-40(36,37)25-14-22(27-32-31-26(38-27)21-12-8-5-9-13-21)23(29)15-24(25)39-16-20-10-6-4-7-11-20/h4-15H,16H2,1-3H3,(H2,30,34). The highest BCUT2D eigenvalue weighted by molar-refractivity contribution is 7.99. The molecule has 0 aliphatic carbocycles. The SMILES string of the molecule is Cc1nn(/C(N)=N/S(=O)(=O)c2cc(-c3nnc(-c4ccccc4)o3)c(Cl)cc2SCc2ccccc2)c(C)c1C. The summed E-state index contributed by atoms with van der Waals surface area (Å²) in [6, 6.07) is 21.9. The number of halogens is 1. The van der Waals surface area contributed by atoms with E-state index in [4.69, 9.17) is 21.8 Å². The second-order valence-electron chi connectivity index (χ2n) is 8.96. The summed E-state index contributed by atoms with van der Waals surface area (Å²) in [7, 11) is -4.32. The molecule has 0 saturated carbocycles. The van der Waals surface area contributed by atoms with Gasteiger partial charge in [-0.15, -0.1) is 26.4 Å². The molecule has 0 atom stereocenters. The first-order valence-corrected chi connectivity index (χ1v) is 15.0. The Morgan fingerprint density at radius 2 is 1.65 bits per heavy atom. The van der Waals surface area contributed by atoms with Gasteiger partial charge in [-0.2, -0.15) is 13.5 Å². The third-order valence-corrected chi connectivity index (χ3v) is 9.20. The molecule has 3 aromatic carbocycles. The average molecular weight is 593 g/mol. The molecule has 5 aromatic rings. The van der Waals surface area contributed by atoms with Crippen molar-refractivity contribution in [2.75, 3.05) is 0 Å². The Balaban J connectivity index is 1.60. The fourth-order valence-electron chi connectivity index (χ4n) is 3.93. The summed E-state index contributed by atoms with van der Waals surface area (Å²) in [4.78, 5) is 0.315. The zero-order chi connectivity index (χ0) is 28.4. The number of rotatable bonds is 7. The molecule has 40 heavy (non-hydrogen) atoms. The highest BCUT2D eigenvalue weighted by Crippen LogP contribution is 2.39. The van der Waals surface area contributed by atoms with Gasteiger partial charge in [0.1, 0.15) is 4.90 Å². The number of nitrogens with two attached hydrogens (primary N) is 1. The normalized spacial score (nSPS) is 12.2. The number of benzene rings is 3. The van der Waals surface area contributed by atoms with Gasteiger partial charge in [-0.1, -0.05) is 60.1 Å². The van der Waals surface area contributed by atoms with Gasteiger partial charge in [-0.05, 0) is 56.2 Å². The van der Waals surface area contributed by atoms with Crippen LogP contribution < -0.4 is 5.73 Å². The second-order valence-corrected chi connectivity index (χ2v) is 12.0. The number of hydrogen-bond acceptors (Lipinski definition) is 7. The highest BCUT2D eigenvalue weighted by Gasteiger charge is 2.25. The topological polar surface area (TPSA) is 129 Å². The molecule has 2 heterocycles. The lowest BCUT2D eigenvalue weighted by Gasteiger charge is -2.12. The fraction of sp³-hybridized carbons (Fsp3) is 0.143. The van der Waals surface area contributed by atoms with E-state index in [0.29, 0.717) is 16.3 Å². The predicted molar refractivity (Wildman–Crippen MR) is 157 cm³/mol. The lowest BCUT2D eigenvalue weighted by atomic mass is 10.2. The number of aromatic nitrogens is 4. The molecule has 0 amide bonds. The van der Waals surface area contributed by atoms with Crippen molar-refractivity contribution in [1.29, 1.82) is 0 Å². The van der Waals surface area contributed by atoms with Crippen molar-refractivity contribution in [1.82, 2.24) is 20.0 Å². The van der Waals surface area contributed by atoms with E-state index in [1.807, 2.05) is 74.5 Å². The first-order valence-electron chi connectivity index (χ1n) is 12.2. The van der Waals surface area contributed by atoms with Crippen LogP contribution in [0.1, 0.15) is 22.5 Å². The molecule has 0 saturated heterocycles. The Hall–Kier alpha value is -3.93. The fourth-order valence-corrected chi connectivity index (χ4v) is 6.65. The summed E-state index contributed by atoms with van der Waals surface area (Å²) >= 11 is 7.97. The first kappa shape index (κ1) is 27.6. The van der Waals surface area contributed by atoms with Crippen LogP contribution in [0, 0.1) is 20.8 Å². The van der Waals surface area contributed by atoms with Crippen LogP contribution in [0.3, 0.4) is 0 Å². The lowest BCUT2D eigenvalue weighted by molar-refractivity contribution is 0.584. The molecule has 0 aliphatic heterocycles. The van der Waals surface area contributed by atoms with Crippen molar-refractivity contribution >= 4 is 39.3 Å². The third-order valence-electron chi connectivity index (χ3n) is 6.31. The van der Waals surface area contributed by atoms with Gasteiger partial charge in [-0.3, -0.25) is 0 Å². The van der Waals surface area contributed by atoms with E-state index in [2.05, 4.69) is 19.7 Å². The molecule has 0 spiro atoms. The van der Waals surface area contributed by atoms with E-state index in [1.54, 1.807) is 13.0 Å². The largest absolute Gasteiger partial charge is 0.416 e. The average Bonchev–Trinajstić information content (AvgIpc) is 3.53. The van der Waals surface area contributed by atoms with E-state index in [9.17, 15) is 8.42 Å². The molecule has 0 aliphatic rings. The van der Waals surface area contributed by atoms with Gasteiger partial charge >= 0.3 is 0 Å². The Morgan fingerprint density at radius 1 is 1.00 bits per heavy atom. The van der Waals surface area contributed by atoms with E-state index < -0.39 is 10.0 Å². The quantitative estimate of drug-likeness (QED) is 0.138. The maximum Gasteiger partial charge on any atom is 0.286 e. The van der Waals surface area contributed by atoms with Crippen LogP contribution in [-0.2, 0) is 15.8 Å². The van der Waals surface area contributed by atoms with Crippen molar-refractivity contribution in [3.8, 4) is 22.9 Å². The van der Waals surface area contributed by atoms with Crippen molar-refractivity contribution in [2.24, 2.45) is 10.1 Å². The van der Waals surface area contributed by atoms with Crippen LogP contribution in [0.2, 0.25) is 5.02 Å². The number of sulfonamides is 1. The summed E-state index contributed by atoms with van der Waals surface area (Å²) in [5, 5.41) is 12.8. The van der Waals surface area contributed by atoms with Crippen LogP contribution in [0.5, 0.6) is 0 Å². The molecule has 0 bridgehead atoms. The summed E-state index contributed by atoms with van der Waals surface area (Å²) in [6.07, 6.45) is 0. The zero-order valence-corrected chi connectivity index (χ0v) is 24.3. The Morgan fingerprint density at radius 3 is 2.30 bits per heavy atom. The molecule has 0 fully saturated rings. The van der Waals surface area contributed by atoms with Crippen LogP contribution in [0.4, 0.5) is 0 Å². The van der Waals surface area contributed by atoms with Gasteiger partial charge in [0.2, 0.25) is 17.7 Å². The van der Waals surface area contributed by atoms with Gasteiger partial charge in [0.05, 0.1) is 16.3 Å². The Labute approximate surface area is 241 Å². The van der Waals surface area contributed by atoms with Crippen LogP contribution in [0.25, 0.3) is 22.9 Å². The first-order chi connectivity index (χ1) is 19.1. The molecule has 2 N–H and O–H groups in total. The van der Waals surface area contributed by atoms with Gasteiger partial charge < -0.3 is 10.2 Å². The predicted octanol–water partition coefficient (Wildman–Crippen LogP) is 6.02. The lowest BCUT2D eigenvalue weighted by Crippen LogP contribution is -2.26.